The van der Waals surface area contributed by atoms with Crippen molar-refractivity contribution < 1.29 is 0 Å². The second kappa shape index (κ2) is 4.13. The Hall–Kier alpha value is -0.830. The molecule has 0 heterocycles. The number of aliphatic imine (C=N–C) groups is 1. The van der Waals surface area contributed by atoms with E-state index >= 15 is 0 Å². The predicted molar refractivity (Wildman–Crippen MR) is 64.6 cm³/mol. The molecule has 0 atom stereocenters. The maximum absolute atomic E-state index is 5.88. The van der Waals surface area contributed by atoms with E-state index in [-0.39, 0.29) is 5.54 Å². The molecule has 0 saturated carbocycles. The number of benzene rings is 1. The molecule has 0 fully saturated rings. The number of nitrogens with zero attached hydrogens (tertiary/aromatic N) is 1. The minimum Gasteiger partial charge on any atom is -0.383 e. The van der Waals surface area contributed by atoms with Gasteiger partial charge < -0.3 is 5.73 Å². The van der Waals surface area contributed by atoms with E-state index in [0.29, 0.717) is 5.84 Å². The predicted octanol–water partition coefficient (Wildman–Crippen LogP) is 2.95. The molecule has 0 saturated heterocycles. The molecule has 0 aliphatic heterocycles. The highest BCUT2D eigenvalue weighted by molar-refractivity contribution is 9.10. The van der Waals surface area contributed by atoms with Crippen molar-refractivity contribution in [2.24, 2.45) is 10.7 Å². The van der Waals surface area contributed by atoms with Gasteiger partial charge in [-0.15, -0.1) is 0 Å². The first-order valence-corrected chi connectivity index (χ1v) is 5.29. The minimum atomic E-state index is -0.133. The first-order chi connectivity index (χ1) is 6.38. The van der Waals surface area contributed by atoms with E-state index in [2.05, 4.69) is 20.9 Å². The monoisotopic (exact) mass is 254 g/mol. The van der Waals surface area contributed by atoms with Crippen molar-refractivity contribution in [2.45, 2.75) is 26.3 Å². The van der Waals surface area contributed by atoms with Crippen LogP contribution in [0.4, 0.5) is 0 Å². The fourth-order valence-electron chi connectivity index (χ4n) is 1.07. The second-order valence-electron chi connectivity index (χ2n) is 4.18. The molecule has 0 aliphatic rings. The van der Waals surface area contributed by atoms with Crippen molar-refractivity contribution in [3.05, 3.63) is 34.3 Å². The molecule has 0 aliphatic carbocycles. The normalized spacial score (nSPS) is 13.0. The van der Waals surface area contributed by atoms with Gasteiger partial charge in [-0.25, -0.2) is 0 Å². The van der Waals surface area contributed by atoms with E-state index < -0.39 is 0 Å². The first-order valence-electron chi connectivity index (χ1n) is 4.50. The van der Waals surface area contributed by atoms with Gasteiger partial charge in [0, 0.05) is 10.0 Å². The Morgan fingerprint density at radius 2 is 2.00 bits per heavy atom. The summed E-state index contributed by atoms with van der Waals surface area (Å²) in [5.74, 6) is 0.582. The second-order valence-corrected chi connectivity index (χ2v) is 5.09. The van der Waals surface area contributed by atoms with Gasteiger partial charge in [-0.3, -0.25) is 4.99 Å². The van der Waals surface area contributed by atoms with Crippen LogP contribution in [0.2, 0.25) is 0 Å². The molecule has 0 unspecified atom stereocenters. The van der Waals surface area contributed by atoms with E-state index in [0.717, 1.165) is 10.0 Å². The van der Waals surface area contributed by atoms with Crippen LogP contribution in [0, 0.1) is 0 Å². The Labute approximate surface area is 93.4 Å². The van der Waals surface area contributed by atoms with Gasteiger partial charge in [-0.2, -0.15) is 0 Å². The van der Waals surface area contributed by atoms with Gasteiger partial charge in [0.25, 0.3) is 0 Å². The van der Waals surface area contributed by atoms with Gasteiger partial charge in [0.05, 0.1) is 5.54 Å². The van der Waals surface area contributed by atoms with E-state index in [1.54, 1.807) is 0 Å². The third-order valence-corrected chi connectivity index (χ3v) is 2.07. The van der Waals surface area contributed by atoms with Crippen LogP contribution < -0.4 is 5.73 Å². The summed E-state index contributed by atoms with van der Waals surface area (Å²) in [4.78, 5) is 4.39. The summed E-state index contributed by atoms with van der Waals surface area (Å²) < 4.78 is 1.02. The Balaban J connectivity index is 3.01. The maximum Gasteiger partial charge on any atom is 0.126 e. The number of hydrogen-bond donors (Lipinski definition) is 1. The van der Waals surface area contributed by atoms with Crippen LogP contribution in [-0.2, 0) is 0 Å². The average molecular weight is 255 g/mol. The van der Waals surface area contributed by atoms with E-state index in [9.17, 15) is 0 Å². The Kier molecular flexibility index (Phi) is 3.32. The van der Waals surface area contributed by atoms with Crippen LogP contribution in [0.1, 0.15) is 26.3 Å². The topological polar surface area (TPSA) is 38.4 Å². The molecule has 0 amide bonds. The van der Waals surface area contributed by atoms with Gasteiger partial charge in [-0.1, -0.05) is 28.1 Å². The van der Waals surface area contributed by atoms with E-state index in [1.165, 1.54) is 0 Å². The summed E-state index contributed by atoms with van der Waals surface area (Å²) in [7, 11) is 0. The van der Waals surface area contributed by atoms with Crippen molar-refractivity contribution in [1.29, 1.82) is 0 Å². The van der Waals surface area contributed by atoms with Gasteiger partial charge in [0.2, 0.25) is 0 Å². The molecule has 2 nitrogen and oxygen atoms in total. The van der Waals surface area contributed by atoms with Crippen LogP contribution in [-0.4, -0.2) is 11.4 Å². The van der Waals surface area contributed by atoms with Crippen molar-refractivity contribution in [3.63, 3.8) is 0 Å². The van der Waals surface area contributed by atoms with Crippen LogP contribution >= 0.6 is 15.9 Å². The fourth-order valence-corrected chi connectivity index (χ4v) is 1.47. The molecule has 3 heteroatoms. The Bertz CT molecular complexity index is 351. The highest BCUT2D eigenvalue weighted by atomic mass is 79.9. The van der Waals surface area contributed by atoms with E-state index in [1.807, 2.05) is 45.0 Å². The molecule has 0 bridgehead atoms. The number of amidine groups is 1. The zero-order valence-electron chi connectivity index (χ0n) is 8.71. The highest BCUT2D eigenvalue weighted by Crippen LogP contribution is 2.13. The molecule has 0 aromatic heterocycles. The molecule has 1 aromatic carbocycles. The molecule has 0 radical (unpaired) electrons. The van der Waals surface area contributed by atoms with Crippen LogP contribution in [0.15, 0.2) is 33.7 Å². The van der Waals surface area contributed by atoms with Gasteiger partial charge in [0.15, 0.2) is 0 Å². The Morgan fingerprint density at radius 3 is 2.50 bits per heavy atom. The summed E-state index contributed by atoms with van der Waals surface area (Å²) in [6.45, 7) is 6.08. The van der Waals surface area contributed by atoms with Gasteiger partial charge >= 0.3 is 0 Å². The molecule has 2 N–H and O–H groups in total. The molecule has 14 heavy (non-hydrogen) atoms. The molecule has 1 aromatic rings. The lowest BCUT2D eigenvalue weighted by atomic mass is 10.1. The largest absolute Gasteiger partial charge is 0.383 e. The molecular weight excluding hydrogens is 240 g/mol. The zero-order chi connectivity index (χ0) is 10.8. The number of nitrogens with two attached hydrogens (primary N) is 1. The Morgan fingerprint density at radius 1 is 1.36 bits per heavy atom. The lowest BCUT2D eigenvalue weighted by Gasteiger charge is -2.13. The summed E-state index contributed by atoms with van der Waals surface area (Å²) in [5.41, 5.74) is 6.70. The first kappa shape index (κ1) is 11.2. The summed E-state index contributed by atoms with van der Waals surface area (Å²) >= 11 is 3.40. The van der Waals surface area contributed by atoms with Crippen molar-refractivity contribution in [3.8, 4) is 0 Å². The van der Waals surface area contributed by atoms with Crippen LogP contribution in [0.3, 0.4) is 0 Å². The molecule has 1 rings (SSSR count). The van der Waals surface area contributed by atoms with Crippen molar-refractivity contribution in [1.82, 2.24) is 0 Å². The van der Waals surface area contributed by atoms with Crippen molar-refractivity contribution in [2.75, 3.05) is 0 Å². The zero-order valence-corrected chi connectivity index (χ0v) is 10.3. The quantitative estimate of drug-likeness (QED) is 0.608. The minimum absolute atomic E-state index is 0.133. The third kappa shape index (κ3) is 3.50. The average Bonchev–Trinajstić information content (AvgIpc) is 2.01. The van der Waals surface area contributed by atoms with Crippen LogP contribution in [0.25, 0.3) is 0 Å². The van der Waals surface area contributed by atoms with Gasteiger partial charge in [0.1, 0.15) is 5.84 Å². The maximum atomic E-state index is 5.88. The summed E-state index contributed by atoms with van der Waals surface area (Å²) in [6.07, 6.45) is 0. The number of halogens is 1. The fraction of sp³-hybridized carbons (Fsp3) is 0.364. The number of rotatable bonds is 1. The molecule has 0 spiro atoms. The molecule has 76 valence electrons. The smallest absolute Gasteiger partial charge is 0.126 e. The standard InChI is InChI=1S/C11H15BrN2/c1-11(2,3)14-10(13)8-5-4-6-9(12)7-8/h4-7H,1-3H3,(H2,13,14). The summed E-state index contributed by atoms with van der Waals surface area (Å²) in [5, 5.41) is 0. The number of hydrogen-bond acceptors (Lipinski definition) is 1. The lowest BCUT2D eigenvalue weighted by Crippen LogP contribution is -2.21. The third-order valence-electron chi connectivity index (χ3n) is 1.58. The lowest BCUT2D eigenvalue weighted by molar-refractivity contribution is 0.583. The summed E-state index contributed by atoms with van der Waals surface area (Å²) in [6, 6.07) is 7.83. The molecular formula is C11H15BrN2. The van der Waals surface area contributed by atoms with Crippen molar-refractivity contribution >= 4 is 21.8 Å². The van der Waals surface area contributed by atoms with E-state index in [4.69, 9.17) is 5.73 Å². The van der Waals surface area contributed by atoms with Crippen LogP contribution in [0.5, 0.6) is 0 Å². The SMILES string of the molecule is CC(C)(C)N=C(N)c1cccc(Br)c1. The highest BCUT2D eigenvalue weighted by Gasteiger charge is 2.09. The van der Waals surface area contributed by atoms with Gasteiger partial charge in [-0.05, 0) is 32.9 Å².